The molecule has 0 spiro atoms. The molecule has 0 aliphatic heterocycles. The summed E-state index contributed by atoms with van der Waals surface area (Å²) in [7, 11) is 0. The van der Waals surface area contributed by atoms with Crippen molar-refractivity contribution in [2.24, 2.45) is 0 Å². The number of hydrogen-bond donors (Lipinski definition) is 1. The highest BCUT2D eigenvalue weighted by Crippen LogP contribution is 2.21. The van der Waals surface area contributed by atoms with Crippen molar-refractivity contribution in [1.82, 2.24) is 4.98 Å². The Balaban J connectivity index is 1.89. The van der Waals surface area contributed by atoms with Gasteiger partial charge in [0.15, 0.2) is 0 Å². The second-order valence-corrected chi connectivity index (χ2v) is 4.67. The van der Waals surface area contributed by atoms with Gasteiger partial charge in [-0.2, -0.15) is 5.26 Å². The molecule has 0 aliphatic carbocycles. The molecule has 1 N–H and O–H groups in total. The number of anilines is 1. The quantitative estimate of drug-likeness (QED) is 0.791. The normalized spacial score (nSPS) is 10.3. The third-order valence-corrected chi connectivity index (χ3v) is 3.34. The SMILES string of the molecule is N#Cc1cc(F)ccc1NCc1cccc2cnccc12. The van der Waals surface area contributed by atoms with E-state index in [1.54, 1.807) is 12.3 Å². The molecule has 0 aliphatic rings. The molecule has 3 aromatic rings. The highest BCUT2D eigenvalue weighted by molar-refractivity contribution is 5.85. The number of pyridine rings is 1. The van der Waals surface area contributed by atoms with Crippen LogP contribution in [0.1, 0.15) is 11.1 Å². The first kappa shape index (κ1) is 13.1. The molecule has 0 amide bonds. The molecule has 4 heteroatoms. The van der Waals surface area contributed by atoms with Gasteiger partial charge in [0, 0.05) is 24.3 Å². The lowest BCUT2D eigenvalue weighted by atomic mass is 10.1. The number of halogens is 1. The summed E-state index contributed by atoms with van der Waals surface area (Å²) in [6, 6.07) is 14.1. The maximum atomic E-state index is 13.1. The Labute approximate surface area is 121 Å². The molecule has 21 heavy (non-hydrogen) atoms. The van der Waals surface area contributed by atoms with Gasteiger partial charge in [-0.05, 0) is 35.2 Å². The zero-order valence-corrected chi connectivity index (χ0v) is 11.2. The predicted molar refractivity (Wildman–Crippen MR) is 80.2 cm³/mol. The van der Waals surface area contributed by atoms with Gasteiger partial charge in [0.05, 0.1) is 11.3 Å². The van der Waals surface area contributed by atoms with Gasteiger partial charge in [-0.3, -0.25) is 4.98 Å². The van der Waals surface area contributed by atoms with Crippen molar-refractivity contribution in [1.29, 1.82) is 5.26 Å². The molecule has 0 saturated carbocycles. The monoisotopic (exact) mass is 277 g/mol. The molecule has 1 heterocycles. The van der Waals surface area contributed by atoms with Gasteiger partial charge in [0.25, 0.3) is 0 Å². The number of nitrogens with one attached hydrogen (secondary N) is 1. The summed E-state index contributed by atoms with van der Waals surface area (Å²) in [5.74, 6) is -0.409. The summed E-state index contributed by atoms with van der Waals surface area (Å²) in [6.07, 6.45) is 3.57. The standard InChI is InChI=1S/C17H12FN3/c18-15-4-5-17(14(8-15)9-19)21-11-13-3-1-2-12-10-20-7-6-16(12)13/h1-8,10,21H,11H2. The predicted octanol–water partition coefficient (Wildman–Crippen LogP) is 3.86. The van der Waals surface area contributed by atoms with Crippen LogP contribution in [-0.4, -0.2) is 4.98 Å². The Morgan fingerprint density at radius 1 is 1.19 bits per heavy atom. The van der Waals surface area contributed by atoms with E-state index in [4.69, 9.17) is 5.26 Å². The van der Waals surface area contributed by atoms with Gasteiger partial charge in [-0.1, -0.05) is 18.2 Å². The highest BCUT2D eigenvalue weighted by Gasteiger charge is 2.05. The Hall–Kier alpha value is -2.93. The second-order valence-electron chi connectivity index (χ2n) is 4.67. The summed E-state index contributed by atoms with van der Waals surface area (Å²) in [4.78, 5) is 4.10. The van der Waals surface area contributed by atoms with E-state index in [-0.39, 0.29) is 0 Å². The maximum absolute atomic E-state index is 13.1. The van der Waals surface area contributed by atoms with E-state index >= 15 is 0 Å². The molecule has 3 rings (SSSR count). The summed E-state index contributed by atoms with van der Waals surface area (Å²) >= 11 is 0. The van der Waals surface area contributed by atoms with Crippen LogP contribution in [0.2, 0.25) is 0 Å². The van der Waals surface area contributed by atoms with E-state index in [0.717, 1.165) is 16.3 Å². The largest absolute Gasteiger partial charge is 0.380 e. The maximum Gasteiger partial charge on any atom is 0.124 e. The molecule has 0 bridgehead atoms. The number of fused-ring (bicyclic) bond motifs is 1. The number of nitriles is 1. The van der Waals surface area contributed by atoms with Gasteiger partial charge >= 0.3 is 0 Å². The fourth-order valence-corrected chi connectivity index (χ4v) is 2.30. The Bertz CT molecular complexity index is 832. The van der Waals surface area contributed by atoms with Crippen LogP contribution in [0.25, 0.3) is 10.8 Å². The lowest BCUT2D eigenvalue weighted by Crippen LogP contribution is -2.02. The first-order valence-electron chi connectivity index (χ1n) is 6.53. The number of hydrogen-bond acceptors (Lipinski definition) is 3. The van der Waals surface area contributed by atoms with E-state index in [9.17, 15) is 4.39 Å². The van der Waals surface area contributed by atoms with Crippen molar-refractivity contribution in [3.05, 3.63) is 71.8 Å². The molecule has 0 radical (unpaired) electrons. The van der Waals surface area contributed by atoms with Gasteiger partial charge in [0.1, 0.15) is 11.9 Å². The van der Waals surface area contributed by atoms with E-state index in [1.807, 2.05) is 36.5 Å². The van der Waals surface area contributed by atoms with Crippen molar-refractivity contribution in [3.63, 3.8) is 0 Å². The molecular formula is C17H12FN3. The van der Waals surface area contributed by atoms with E-state index in [2.05, 4.69) is 10.3 Å². The summed E-state index contributed by atoms with van der Waals surface area (Å²) < 4.78 is 13.1. The molecule has 1 aromatic heterocycles. The molecular weight excluding hydrogens is 265 g/mol. The zero-order valence-electron chi connectivity index (χ0n) is 11.2. The molecule has 0 saturated heterocycles. The van der Waals surface area contributed by atoms with Crippen LogP contribution in [0.3, 0.4) is 0 Å². The molecule has 2 aromatic carbocycles. The fourth-order valence-electron chi connectivity index (χ4n) is 2.30. The first-order valence-corrected chi connectivity index (χ1v) is 6.53. The highest BCUT2D eigenvalue weighted by atomic mass is 19.1. The molecule has 0 atom stereocenters. The fraction of sp³-hybridized carbons (Fsp3) is 0.0588. The van der Waals surface area contributed by atoms with Crippen molar-refractivity contribution in [2.45, 2.75) is 6.54 Å². The first-order chi connectivity index (χ1) is 10.3. The van der Waals surface area contributed by atoms with Crippen LogP contribution >= 0.6 is 0 Å². The molecule has 0 fully saturated rings. The van der Waals surface area contributed by atoms with E-state index in [1.165, 1.54) is 12.1 Å². The number of rotatable bonds is 3. The smallest absolute Gasteiger partial charge is 0.124 e. The zero-order chi connectivity index (χ0) is 14.7. The van der Waals surface area contributed by atoms with Crippen molar-refractivity contribution >= 4 is 16.5 Å². The summed E-state index contributed by atoms with van der Waals surface area (Å²) in [5.41, 5.74) is 2.03. The minimum atomic E-state index is -0.409. The van der Waals surface area contributed by atoms with Crippen molar-refractivity contribution in [3.8, 4) is 6.07 Å². The molecule has 102 valence electrons. The van der Waals surface area contributed by atoms with Crippen LogP contribution in [0.5, 0.6) is 0 Å². The number of nitrogens with zero attached hydrogens (tertiary/aromatic N) is 2. The summed E-state index contributed by atoms with van der Waals surface area (Å²) in [6.45, 7) is 0.557. The Morgan fingerprint density at radius 2 is 2.10 bits per heavy atom. The summed E-state index contributed by atoms with van der Waals surface area (Å²) in [5, 5.41) is 14.4. The van der Waals surface area contributed by atoms with Gasteiger partial charge < -0.3 is 5.32 Å². The number of aromatic nitrogens is 1. The van der Waals surface area contributed by atoms with Crippen molar-refractivity contribution in [2.75, 3.05) is 5.32 Å². The van der Waals surface area contributed by atoms with Gasteiger partial charge in [-0.15, -0.1) is 0 Å². The third-order valence-electron chi connectivity index (χ3n) is 3.34. The lowest BCUT2D eigenvalue weighted by Gasteiger charge is -2.10. The Kier molecular flexibility index (Phi) is 3.48. The van der Waals surface area contributed by atoms with Crippen LogP contribution in [-0.2, 0) is 6.54 Å². The molecule has 3 nitrogen and oxygen atoms in total. The lowest BCUT2D eigenvalue weighted by molar-refractivity contribution is 0.627. The number of benzene rings is 2. The average Bonchev–Trinajstić information content (AvgIpc) is 2.53. The Morgan fingerprint density at radius 3 is 2.95 bits per heavy atom. The van der Waals surface area contributed by atoms with E-state index < -0.39 is 5.82 Å². The van der Waals surface area contributed by atoms with Crippen LogP contribution < -0.4 is 5.32 Å². The third kappa shape index (κ3) is 2.67. The van der Waals surface area contributed by atoms with Crippen LogP contribution in [0.4, 0.5) is 10.1 Å². The second kappa shape index (κ2) is 5.59. The minimum Gasteiger partial charge on any atom is -0.380 e. The van der Waals surface area contributed by atoms with Crippen LogP contribution in [0, 0.1) is 17.1 Å². The van der Waals surface area contributed by atoms with E-state index in [0.29, 0.717) is 17.8 Å². The van der Waals surface area contributed by atoms with Crippen molar-refractivity contribution < 1.29 is 4.39 Å². The topological polar surface area (TPSA) is 48.7 Å². The average molecular weight is 277 g/mol. The molecule has 0 unspecified atom stereocenters. The van der Waals surface area contributed by atoms with Gasteiger partial charge in [0.2, 0.25) is 0 Å². The van der Waals surface area contributed by atoms with Gasteiger partial charge in [-0.25, -0.2) is 4.39 Å². The minimum absolute atomic E-state index is 0.303. The van der Waals surface area contributed by atoms with Crippen LogP contribution in [0.15, 0.2) is 54.9 Å².